The van der Waals surface area contributed by atoms with Gasteiger partial charge in [-0.05, 0) is 31.7 Å². The molecule has 0 rings (SSSR count). The van der Waals surface area contributed by atoms with Crippen LogP contribution in [-0.4, -0.2) is 48.6 Å². The molecule has 0 aliphatic carbocycles. The minimum atomic E-state index is -0.737. The Hall–Kier alpha value is -0.650. The Labute approximate surface area is 116 Å². The fourth-order valence-corrected chi connectivity index (χ4v) is 1.66. The molecule has 0 saturated carbocycles. The molecule has 19 heavy (non-hydrogen) atoms. The van der Waals surface area contributed by atoms with E-state index in [1.54, 1.807) is 0 Å². The van der Waals surface area contributed by atoms with Crippen molar-refractivity contribution in [2.75, 3.05) is 26.3 Å². The third kappa shape index (κ3) is 13.6. The van der Waals surface area contributed by atoms with Crippen molar-refractivity contribution >= 4 is 5.97 Å². The molecule has 5 heteroatoms. The van der Waals surface area contributed by atoms with Crippen LogP contribution >= 0.6 is 0 Å². The van der Waals surface area contributed by atoms with Crippen LogP contribution in [-0.2, 0) is 9.53 Å². The van der Waals surface area contributed by atoms with Gasteiger partial charge < -0.3 is 20.3 Å². The standard InChI is InChI=1S/C14H29NO4/c1-3-4-9-19-11-13(16)10-15-8-7-12(2)5-6-14(17)18/h12-13,15-16H,3-11H2,1-2H3,(H,17,18). The minimum absolute atomic E-state index is 0.231. The van der Waals surface area contributed by atoms with E-state index < -0.39 is 12.1 Å². The van der Waals surface area contributed by atoms with Gasteiger partial charge in [-0.25, -0.2) is 0 Å². The molecule has 0 spiro atoms. The first-order chi connectivity index (χ1) is 9.06. The molecule has 2 atom stereocenters. The van der Waals surface area contributed by atoms with Gasteiger partial charge in [0.1, 0.15) is 0 Å². The quantitative estimate of drug-likeness (QED) is 0.445. The third-order valence-corrected chi connectivity index (χ3v) is 3.00. The van der Waals surface area contributed by atoms with Crippen LogP contribution in [0.1, 0.15) is 46.0 Å². The van der Waals surface area contributed by atoms with Crippen molar-refractivity contribution in [2.45, 2.75) is 52.1 Å². The van der Waals surface area contributed by atoms with Gasteiger partial charge in [-0.15, -0.1) is 0 Å². The van der Waals surface area contributed by atoms with Crippen molar-refractivity contribution in [3.63, 3.8) is 0 Å². The molecular weight excluding hydrogens is 246 g/mol. The highest BCUT2D eigenvalue weighted by Gasteiger charge is 2.07. The average Bonchev–Trinajstić information content (AvgIpc) is 2.37. The first-order valence-corrected chi connectivity index (χ1v) is 7.24. The lowest BCUT2D eigenvalue weighted by Crippen LogP contribution is -2.31. The van der Waals surface area contributed by atoms with E-state index >= 15 is 0 Å². The Kier molecular flexibility index (Phi) is 12.0. The van der Waals surface area contributed by atoms with Gasteiger partial charge in [0.15, 0.2) is 0 Å². The first kappa shape index (κ1) is 18.4. The van der Waals surface area contributed by atoms with E-state index in [2.05, 4.69) is 19.2 Å². The van der Waals surface area contributed by atoms with E-state index in [4.69, 9.17) is 9.84 Å². The average molecular weight is 275 g/mol. The van der Waals surface area contributed by atoms with Gasteiger partial charge in [-0.1, -0.05) is 20.3 Å². The van der Waals surface area contributed by atoms with Crippen molar-refractivity contribution < 1.29 is 19.7 Å². The van der Waals surface area contributed by atoms with Crippen molar-refractivity contribution in [3.8, 4) is 0 Å². The van der Waals surface area contributed by atoms with E-state index in [0.29, 0.717) is 32.1 Å². The highest BCUT2D eigenvalue weighted by Crippen LogP contribution is 2.08. The number of unbranched alkanes of at least 4 members (excludes halogenated alkanes) is 1. The molecule has 0 radical (unpaired) electrons. The number of ether oxygens (including phenoxy) is 1. The smallest absolute Gasteiger partial charge is 0.303 e. The molecule has 3 N–H and O–H groups in total. The van der Waals surface area contributed by atoms with Gasteiger partial charge in [-0.2, -0.15) is 0 Å². The van der Waals surface area contributed by atoms with E-state index in [9.17, 15) is 9.90 Å². The number of aliphatic hydroxyl groups excluding tert-OH is 1. The molecule has 0 aromatic rings. The molecule has 0 aromatic carbocycles. The summed E-state index contributed by atoms with van der Waals surface area (Å²) >= 11 is 0. The molecule has 114 valence electrons. The van der Waals surface area contributed by atoms with E-state index in [1.165, 1.54) is 0 Å². The molecule has 0 amide bonds. The zero-order valence-electron chi connectivity index (χ0n) is 12.2. The first-order valence-electron chi connectivity index (χ1n) is 7.24. The molecule has 0 saturated heterocycles. The van der Waals surface area contributed by atoms with Gasteiger partial charge in [0.05, 0.1) is 12.7 Å². The molecule has 2 unspecified atom stereocenters. The second-order valence-electron chi connectivity index (χ2n) is 5.11. The molecule has 0 aliphatic heterocycles. The highest BCUT2D eigenvalue weighted by molar-refractivity contribution is 5.66. The van der Waals surface area contributed by atoms with Crippen LogP contribution in [0.3, 0.4) is 0 Å². The Bertz CT molecular complexity index is 223. The molecular formula is C14H29NO4. The fraction of sp³-hybridized carbons (Fsp3) is 0.929. The van der Waals surface area contributed by atoms with E-state index in [0.717, 1.165) is 25.8 Å². The van der Waals surface area contributed by atoms with Gasteiger partial charge in [0.2, 0.25) is 0 Å². The maximum absolute atomic E-state index is 10.4. The fourth-order valence-electron chi connectivity index (χ4n) is 1.66. The summed E-state index contributed by atoms with van der Waals surface area (Å²) in [5.41, 5.74) is 0. The van der Waals surface area contributed by atoms with E-state index in [-0.39, 0.29) is 6.42 Å². The molecule has 0 aromatic heterocycles. The Morgan fingerprint density at radius 1 is 1.37 bits per heavy atom. The number of carboxylic acids is 1. The Morgan fingerprint density at radius 2 is 2.11 bits per heavy atom. The van der Waals surface area contributed by atoms with Crippen LogP contribution in [0.4, 0.5) is 0 Å². The van der Waals surface area contributed by atoms with Crippen LogP contribution in [0.5, 0.6) is 0 Å². The molecule has 0 fully saturated rings. The van der Waals surface area contributed by atoms with Crippen LogP contribution in [0, 0.1) is 5.92 Å². The maximum Gasteiger partial charge on any atom is 0.303 e. The van der Waals surface area contributed by atoms with Gasteiger partial charge >= 0.3 is 5.97 Å². The zero-order valence-corrected chi connectivity index (χ0v) is 12.2. The summed E-state index contributed by atoms with van der Waals surface area (Å²) in [4.78, 5) is 10.4. The van der Waals surface area contributed by atoms with Gasteiger partial charge in [-0.3, -0.25) is 4.79 Å². The summed E-state index contributed by atoms with van der Waals surface area (Å²) in [7, 11) is 0. The monoisotopic (exact) mass is 275 g/mol. The lowest BCUT2D eigenvalue weighted by atomic mass is 10.0. The van der Waals surface area contributed by atoms with Gasteiger partial charge in [0, 0.05) is 19.6 Å². The topological polar surface area (TPSA) is 78.8 Å². The predicted molar refractivity (Wildman–Crippen MR) is 75.3 cm³/mol. The van der Waals surface area contributed by atoms with Crippen molar-refractivity contribution in [2.24, 2.45) is 5.92 Å². The van der Waals surface area contributed by atoms with Crippen LogP contribution < -0.4 is 5.32 Å². The zero-order chi connectivity index (χ0) is 14.5. The number of rotatable bonds is 13. The summed E-state index contributed by atoms with van der Waals surface area (Å²) in [5.74, 6) is -0.346. The number of nitrogens with one attached hydrogen (secondary N) is 1. The second-order valence-corrected chi connectivity index (χ2v) is 5.11. The largest absolute Gasteiger partial charge is 0.481 e. The van der Waals surface area contributed by atoms with E-state index in [1.807, 2.05) is 0 Å². The number of aliphatic carboxylic acids is 1. The van der Waals surface area contributed by atoms with Crippen molar-refractivity contribution in [1.82, 2.24) is 5.32 Å². The van der Waals surface area contributed by atoms with Crippen molar-refractivity contribution in [3.05, 3.63) is 0 Å². The molecule has 0 aliphatic rings. The van der Waals surface area contributed by atoms with Crippen LogP contribution in [0.25, 0.3) is 0 Å². The Morgan fingerprint density at radius 3 is 2.74 bits per heavy atom. The minimum Gasteiger partial charge on any atom is -0.481 e. The molecule has 0 heterocycles. The number of carbonyl (C=O) groups is 1. The summed E-state index contributed by atoms with van der Waals surface area (Å²) in [6.07, 6.45) is 3.53. The SMILES string of the molecule is CCCCOCC(O)CNCCC(C)CCC(=O)O. The number of carboxylic acid groups (broad SMARTS) is 1. The normalized spacial score (nSPS) is 14.3. The lowest BCUT2D eigenvalue weighted by molar-refractivity contribution is -0.137. The van der Waals surface area contributed by atoms with Crippen molar-refractivity contribution in [1.29, 1.82) is 0 Å². The van der Waals surface area contributed by atoms with Crippen LogP contribution in [0.2, 0.25) is 0 Å². The lowest BCUT2D eigenvalue weighted by Gasteiger charge is -2.14. The van der Waals surface area contributed by atoms with Gasteiger partial charge in [0.25, 0.3) is 0 Å². The summed E-state index contributed by atoms with van der Waals surface area (Å²) < 4.78 is 5.32. The van der Waals surface area contributed by atoms with Crippen LogP contribution in [0.15, 0.2) is 0 Å². The summed E-state index contributed by atoms with van der Waals surface area (Å²) in [6, 6.07) is 0. The molecule has 0 bridgehead atoms. The summed E-state index contributed by atoms with van der Waals surface area (Å²) in [6.45, 7) is 6.56. The second kappa shape index (κ2) is 12.4. The number of hydrogen-bond acceptors (Lipinski definition) is 4. The maximum atomic E-state index is 10.4. The number of aliphatic hydroxyl groups is 1. The third-order valence-electron chi connectivity index (χ3n) is 3.00. The Balaban J connectivity index is 3.34. The number of hydrogen-bond donors (Lipinski definition) is 3. The summed E-state index contributed by atoms with van der Waals surface area (Å²) in [5, 5.41) is 21.4. The molecule has 5 nitrogen and oxygen atoms in total. The highest BCUT2D eigenvalue weighted by atomic mass is 16.5. The predicted octanol–water partition coefficient (Wildman–Crippen LogP) is 1.64.